The molecule has 1 unspecified atom stereocenters. The molecule has 12 rings (SSSR count). The number of nitrogens with zero attached hydrogens (tertiary/aromatic N) is 3. The second kappa shape index (κ2) is 12.7. The molecule has 0 bridgehead atoms. The van der Waals surface area contributed by atoms with Gasteiger partial charge in [-0.15, -0.1) is 0 Å². The van der Waals surface area contributed by atoms with Crippen LogP contribution in [0.3, 0.4) is 0 Å². The molecule has 58 heavy (non-hydrogen) atoms. The summed E-state index contributed by atoms with van der Waals surface area (Å²) in [5.74, 6) is 0. The topological polar surface area (TPSA) is 11.4 Å². The summed E-state index contributed by atoms with van der Waals surface area (Å²) < 4.78 is 2.38. The normalized spacial score (nSPS) is 14.9. The van der Waals surface area contributed by atoms with Crippen molar-refractivity contribution >= 4 is 55.9 Å². The molecule has 0 saturated heterocycles. The van der Waals surface area contributed by atoms with Crippen LogP contribution in [0.1, 0.15) is 22.3 Å². The van der Waals surface area contributed by atoms with Gasteiger partial charge in [-0.1, -0.05) is 140 Å². The first-order chi connectivity index (χ1) is 28.8. The van der Waals surface area contributed by atoms with Crippen LogP contribution in [0.2, 0.25) is 0 Å². The van der Waals surface area contributed by atoms with E-state index in [0.29, 0.717) is 0 Å². The molecule has 9 aromatic carbocycles. The molecule has 1 aromatic heterocycles. The van der Waals surface area contributed by atoms with Crippen molar-refractivity contribution in [3.05, 3.63) is 247 Å². The minimum absolute atomic E-state index is 0.546. The van der Waals surface area contributed by atoms with Crippen LogP contribution in [0.15, 0.2) is 224 Å². The van der Waals surface area contributed by atoms with E-state index in [9.17, 15) is 0 Å². The molecule has 272 valence electrons. The van der Waals surface area contributed by atoms with E-state index < -0.39 is 5.41 Å². The average molecular weight is 740 g/mol. The van der Waals surface area contributed by atoms with Crippen molar-refractivity contribution in [2.24, 2.45) is 0 Å². The fraction of sp³-hybridized carbons (Fsp3) is 0.0182. The maximum absolute atomic E-state index is 2.48. The molecule has 1 atom stereocenters. The van der Waals surface area contributed by atoms with Crippen molar-refractivity contribution in [1.82, 2.24) is 4.57 Å². The summed E-state index contributed by atoms with van der Waals surface area (Å²) in [6, 6.07) is 82.3. The first-order valence-electron chi connectivity index (χ1n) is 20.0. The smallest absolute Gasteiger partial charge is 0.0755 e. The molecule has 1 aliphatic carbocycles. The van der Waals surface area contributed by atoms with Crippen LogP contribution in [-0.2, 0) is 5.41 Å². The van der Waals surface area contributed by atoms with Gasteiger partial charge in [0.05, 0.1) is 27.8 Å². The molecule has 1 aliphatic heterocycles. The van der Waals surface area contributed by atoms with E-state index >= 15 is 0 Å². The second-order valence-corrected chi connectivity index (χ2v) is 15.3. The lowest BCUT2D eigenvalue weighted by Gasteiger charge is -2.44. The van der Waals surface area contributed by atoms with E-state index in [1.165, 1.54) is 66.6 Å². The molecule has 0 spiro atoms. The molecule has 10 aromatic rings. The number of para-hydroxylation sites is 5. The number of hydrogen-bond acceptors (Lipinski definition) is 2. The molecular weight excluding hydrogens is 703 g/mol. The van der Waals surface area contributed by atoms with Crippen LogP contribution in [0, 0.1) is 0 Å². The van der Waals surface area contributed by atoms with Crippen molar-refractivity contribution in [3.63, 3.8) is 0 Å². The van der Waals surface area contributed by atoms with Crippen molar-refractivity contribution in [1.29, 1.82) is 0 Å². The van der Waals surface area contributed by atoms with E-state index in [4.69, 9.17) is 0 Å². The lowest BCUT2D eigenvalue weighted by molar-refractivity contribution is 0.753. The first-order valence-corrected chi connectivity index (χ1v) is 20.0. The van der Waals surface area contributed by atoms with Crippen LogP contribution in [0.4, 0.5) is 34.1 Å². The lowest BCUT2D eigenvalue weighted by Crippen LogP contribution is -2.36. The lowest BCUT2D eigenvalue weighted by atomic mass is 9.65. The predicted octanol–water partition coefficient (Wildman–Crippen LogP) is 14.4. The number of fused-ring (bicyclic) bond motifs is 8. The highest BCUT2D eigenvalue weighted by atomic mass is 15.2. The number of aromatic nitrogens is 1. The Morgan fingerprint density at radius 1 is 0.362 bits per heavy atom. The Morgan fingerprint density at radius 2 is 0.966 bits per heavy atom. The number of rotatable bonds is 6. The second-order valence-electron chi connectivity index (χ2n) is 15.3. The summed E-state index contributed by atoms with van der Waals surface area (Å²) in [6.07, 6.45) is 0. The van der Waals surface area contributed by atoms with Crippen molar-refractivity contribution in [2.75, 3.05) is 9.80 Å². The van der Waals surface area contributed by atoms with Crippen LogP contribution >= 0.6 is 0 Å². The van der Waals surface area contributed by atoms with E-state index in [-0.39, 0.29) is 0 Å². The van der Waals surface area contributed by atoms with Gasteiger partial charge in [0.2, 0.25) is 0 Å². The zero-order valence-corrected chi connectivity index (χ0v) is 31.7. The molecule has 0 saturated carbocycles. The number of benzene rings is 9. The highest BCUT2D eigenvalue weighted by molar-refractivity contribution is 6.11. The highest BCUT2D eigenvalue weighted by Crippen LogP contribution is 2.65. The fourth-order valence-corrected chi connectivity index (χ4v) is 10.1. The van der Waals surface area contributed by atoms with Crippen molar-refractivity contribution in [2.45, 2.75) is 5.41 Å². The van der Waals surface area contributed by atoms with Crippen LogP contribution in [0.5, 0.6) is 0 Å². The predicted molar refractivity (Wildman–Crippen MR) is 241 cm³/mol. The quantitative estimate of drug-likeness (QED) is 0.168. The monoisotopic (exact) mass is 739 g/mol. The Hall–Kier alpha value is -7.62. The maximum atomic E-state index is 2.48. The van der Waals surface area contributed by atoms with Crippen molar-refractivity contribution in [3.8, 4) is 16.8 Å². The summed E-state index contributed by atoms with van der Waals surface area (Å²) in [5, 5.41) is 2.46. The van der Waals surface area contributed by atoms with Gasteiger partial charge < -0.3 is 14.4 Å². The van der Waals surface area contributed by atoms with Gasteiger partial charge in [-0.3, -0.25) is 0 Å². The summed E-state index contributed by atoms with van der Waals surface area (Å²) >= 11 is 0. The summed E-state index contributed by atoms with van der Waals surface area (Å²) in [4.78, 5) is 4.89. The van der Waals surface area contributed by atoms with Gasteiger partial charge >= 0.3 is 0 Å². The maximum Gasteiger partial charge on any atom is 0.0755 e. The van der Waals surface area contributed by atoms with E-state index in [1.54, 1.807) is 0 Å². The summed E-state index contributed by atoms with van der Waals surface area (Å²) in [7, 11) is 0. The summed E-state index contributed by atoms with van der Waals surface area (Å²) in [6.45, 7) is 0. The zero-order valence-electron chi connectivity index (χ0n) is 31.7. The average Bonchev–Trinajstić information content (AvgIpc) is 3.79. The van der Waals surface area contributed by atoms with E-state index in [0.717, 1.165) is 28.4 Å². The fourth-order valence-electron chi connectivity index (χ4n) is 10.1. The number of hydrogen-bond donors (Lipinski definition) is 0. The standard InChI is InChI=1S/C55H37N3/c1-5-18-38(19-6-1)55-48-28-14-16-30-52(48)58(41-24-11-4-12-25-41)53-31-17-27-46(54(53)55)44-34-32-43(37-49(44)55)56(39-20-7-2-8-21-39)42-33-35-51-47(36-42)45-26-13-15-29-50(45)57(51)40-22-9-3-10-23-40/h1-37H. The zero-order chi connectivity index (χ0) is 38.2. The molecule has 3 heteroatoms. The number of anilines is 6. The van der Waals surface area contributed by atoms with Gasteiger partial charge in [-0.05, 0) is 113 Å². The molecular formula is C55H37N3. The molecule has 3 nitrogen and oxygen atoms in total. The molecule has 0 fully saturated rings. The van der Waals surface area contributed by atoms with Gasteiger partial charge in [0, 0.05) is 44.8 Å². The third kappa shape index (κ3) is 4.56. The van der Waals surface area contributed by atoms with Gasteiger partial charge in [0.1, 0.15) is 0 Å². The largest absolute Gasteiger partial charge is 0.310 e. The molecule has 2 aliphatic rings. The Labute approximate surface area is 337 Å². The van der Waals surface area contributed by atoms with Gasteiger partial charge in [-0.25, -0.2) is 0 Å². The third-order valence-corrected chi connectivity index (χ3v) is 12.3. The Kier molecular flexibility index (Phi) is 7.14. The highest BCUT2D eigenvalue weighted by Gasteiger charge is 2.52. The Bertz CT molecular complexity index is 3170. The molecule has 0 amide bonds. The van der Waals surface area contributed by atoms with Gasteiger partial charge in [0.15, 0.2) is 0 Å². The van der Waals surface area contributed by atoms with Crippen molar-refractivity contribution < 1.29 is 0 Å². The molecule has 0 N–H and O–H groups in total. The molecule has 0 radical (unpaired) electrons. The first kappa shape index (κ1) is 32.6. The molecule has 2 heterocycles. The van der Waals surface area contributed by atoms with Gasteiger partial charge in [-0.2, -0.15) is 0 Å². The summed E-state index contributed by atoms with van der Waals surface area (Å²) in [5.41, 5.74) is 17.6. The van der Waals surface area contributed by atoms with Crippen LogP contribution < -0.4 is 9.80 Å². The minimum atomic E-state index is -0.546. The third-order valence-electron chi connectivity index (χ3n) is 12.3. The van der Waals surface area contributed by atoms with E-state index in [2.05, 4.69) is 239 Å². The van der Waals surface area contributed by atoms with E-state index in [1.807, 2.05) is 0 Å². The Morgan fingerprint density at radius 3 is 1.76 bits per heavy atom. The SMILES string of the molecule is c1ccc(N(c2ccc3c(c2)C2(c4ccccc4)c4ccccc4N(c4ccccc4)c4cccc-3c42)c2ccc3c(c2)c2ccccc2n3-c2ccccc2)cc1. The minimum Gasteiger partial charge on any atom is -0.310 e. The Balaban J connectivity index is 1.12. The van der Waals surface area contributed by atoms with Crippen LogP contribution in [0.25, 0.3) is 38.6 Å². The van der Waals surface area contributed by atoms with Gasteiger partial charge in [0.25, 0.3) is 0 Å². The van der Waals surface area contributed by atoms with Crippen LogP contribution in [-0.4, -0.2) is 4.57 Å².